The molecular weight excluding hydrogens is 425 g/mol. The van der Waals surface area contributed by atoms with E-state index in [2.05, 4.69) is 10.3 Å². The van der Waals surface area contributed by atoms with Crippen LogP contribution in [-0.2, 0) is 14.6 Å². The number of halogens is 1. The second-order valence-electron chi connectivity index (χ2n) is 7.60. The number of carbonyl (C=O) groups excluding carboxylic acids is 1. The Hall–Kier alpha value is -2.39. The summed E-state index contributed by atoms with van der Waals surface area (Å²) >= 11 is 1.19. The van der Waals surface area contributed by atoms with Crippen molar-refractivity contribution in [2.75, 3.05) is 27.5 Å². The fourth-order valence-corrected chi connectivity index (χ4v) is 6.51. The van der Waals surface area contributed by atoms with Crippen molar-refractivity contribution >= 4 is 44.0 Å². The van der Waals surface area contributed by atoms with E-state index in [1.807, 2.05) is 32.0 Å². The quantitative estimate of drug-likeness (QED) is 0.779. The van der Waals surface area contributed by atoms with Gasteiger partial charge >= 0.3 is 0 Å². The van der Waals surface area contributed by atoms with Crippen molar-refractivity contribution in [1.82, 2.24) is 0 Å². The Kier molecular flexibility index (Phi) is 5.59. The number of amidine groups is 1. The molecule has 1 amide bonds. The number of sulfone groups is 1. The van der Waals surface area contributed by atoms with Crippen molar-refractivity contribution in [3.05, 3.63) is 59.4 Å². The molecule has 0 aromatic heterocycles. The highest BCUT2D eigenvalue weighted by molar-refractivity contribution is 8.14. The first-order chi connectivity index (χ1) is 14.2. The van der Waals surface area contributed by atoms with Gasteiger partial charge in [0.05, 0.1) is 35.0 Å². The fraction of sp³-hybridized carbons (Fsp3) is 0.333. The number of aryl methyl sites for hydroxylation is 2. The number of nitrogens with zero attached hydrogens (tertiary/aromatic N) is 2. The summed E-state index contributed by atoms with van der Waals surface area (Å²) in [6.45, 7) is 3.88. The first-order valence-electron chi connectivity index (χ1n) is 9.55. The van der Waals surface area contributed by atoms with Crippen LogP contribution in [0.5, 0.6) is 0 Å². The van der Waals surface area contributed by atoms with Crippen LogP contribution >= 0.6 is 11.8 Å². The summed E-state index contributed by atoms with van der Waals surface area (Å²) in [7, 11) is -3.22. The van der Waals surface area contributed by atoms with E-state index in [1.165, 1.54) is 17.8 Å². The normalized spacial score (nSPS) is 22.0. The molecule has 2 aromatic rings. The highest BCUT2D eigenvalue weighted by atomic mass is 32.2. The van der Waals surface area contributed by atoms with Gasteiger partial charge in [0.1, 0.15) is 5.82 Å². The Morgan fingerprint density at radius 1 is 1.23 bits per heavy atom. The van der Waals surface area contributed by atoms with Gasteiger partial charge in [0.25, 0.3) is 0 Å². The zero-order valence-electron chi connectivity index (χ0n) is 16.6. The minimum atomic E-state index is -3.22. The molecule has 158 valence electrons. The summed E-state index contributed by atoms with van der Waals surface area (Å²) in [5.41, 5.74) is 3.04. The predicted molar refractivity (Wildman–Crippen MR) is 120 cm³/mol. The molecule has 1 fully saturated rings. The number of amides is 1. The molecule has 2 atom stereocenters. The van der Waals surface area contributed by atoms with Crippen LogP contribution in [0.1, 0.15) is 11.1 Å². The van der Waals surface area contributed by atoms with Crippen LogP contribution in [-0.4, -0.2) is 48.8 Å². The monoisotopic (exact) mass is 447 g/mol. The Bertz CT molecular complexity index is 1130. The van der Waals surface area contributed by atoms with Crippen LogP contribution in [0.4, 0.5) is 15.8 Å². The summed E-state index contributed by atoms with van der Waals surface area (Å²) in [4.78, 5) is 18.7. The van der Waals surface area contributed by atoms with E-state index in [0.717, 1.165) is 16.8 Å². The Labute approximate surface area is 179 Å². The van der Waals surface area contributed by atoms with Crippen molar-refractivity contribution in [3.63, 3.8) is 0 Å². The Morgan fingerprint density at radius 2 is 2.00 bits per heavy atom. The summed E-state index contributed by atoms with van der Waals surface area (Å²) in [6, 6.07) is 11.2. The molecule has 6 nitrogen and oxygen atoms in total. The number of rotatable bonds is 4. The zero-order valence-corrected chi connectivity index (χ0v) is 18.3. The second kappa shape index (κ2) is 8.03. The molecule has 4 rings (SSSR count). The van der Waals surface area contributed by atoms with Gasteiger partial charge in [-0.3, -0.25) is 9.79 Å². The average Bonchev–Trinajstić information content (AvgIpc) is 3.15. The minimum absolute atomic E-state index is 0.0542. The Morgan fingerprint density at radius 3 is 2.77 bits per heavy atom. The summed E-state index contributed by atoms with van der Waals surface area (Å²) in [5, 5.41) is 3.37. The number of aliphatic imine (C=N–C) groups is 1. The molecule has 2 unspecified atom stereocenters. The Balaban J connectivity index is 1.52. The number of fused-ring (bicyclic) bond motifs is 1. The smallest absolute Gasteiger partial charge is 0.234 e. The zero-order chi connectivity index (χ0) is 21.5. The van der Waals surface area contributed by atoms with E-state index in [1.54, 1.807) is 23.1 Å². The molecule has 0 aliphatic carbocycles. The molecule has 0 saturated carbocycles. The van der Waals surface area contributed by atoms with Crippen LogP contribution in [0.3, 0.4) is 0 Å². The number of anilines is 2. The van der Waals surface area contributed by atoms with Crippen molar-refractivity contribution in [3.8, 4) is 0 Å². The van der Waals surface area contributed by atoms with E-state index in [4.69, 9.17) is 0 Å². The third-order valence-corrected chi connectivity index (χ3v) is 7.88. The van der Waals surface area contributed by atoms with E-state index in [0.29, 0.717) is 5.17 Å². The van der Waals surface area contributed by atoms with Gasteiger partial charge in [0.2, 0.25) is 5.91 Å². The van der Waals surface area contributed by atoms with Gasteiger partial charge in [-0.1, -0.05) is 36.0 Å². The van der Waals surface area contributed by atoms with Gasteiger partial charge in [-0.2, -0.15) is 0 Å². The van der Waals surface area contributed by atoms with Gasteiger partial charge in [-0.05, 0) is 43.2 Å². The molecule has 1 N–H and O–H groups in total. The molecule has 0 bridgehead atoms. The van der Waals surface area contributed by atoms with Crippen LogP contribution in [0.2, 0.25) is 0 Å². The predicted octanol–water partition coefficient (Wildman–Crippen LogP) is 3.16. The fourth-order valence-electron chi connectivity index (χ4n) is 3.75. The topological polar surface area (TPSA) is 78.8 Å². The van der Waals surface area contributed by atoms with Gasteiger partial charge < -0.3 is 10.2 Å². The SMILES string of the molecule is Cc1ccc(C)c(NC(=O)CSC2=NC3CS(=O)(=O)CC3N2c2ccccc2F)c1. The average molecular weight is 448 g/mol. The van der Waals surface area contributed by atoms with E-state index < -0.39 is 27.7 Å². The first kappa shape index (κ1) is 20.9. The highest BCUT2D eigenvalue weighted by Gasteiger charge is 2.47. The summed E-state index contributed by atoms with van der Waals surface area (Å²) in [6.07, 6.45) is 0. The van der Waals surface area contributed by atoms with Gasteiger partial charge in [0, 0.05) is 5.69 Å². The minimum Gasteiger partial charge on any atom is -0.325 e. The lowest BCUT2D eigenvalue weighted by molar-refractivity contribution is -0.113. The standard InChI is InChI=1S/C21H22FN3O3S2/c1-13-7-8-14(2)16(9-13)23-20(26)10-29-21-24-17-11-30(27,28)12-19(17)25(21)18-6-4-3-5-15(18)22/h3-9,17,19H,10-12H2,1-2H3,(H,23,26). The molecule has 9 heteroatoms. The maximum absolute atomic E-state index is 14.5. The van der Waals surface area contributed by atoms with Crippen molar-refractivity contribution in [2.45, 2.75) is 25.9 Å². The lowest BCUT2D eigenvalue weighted by Gasteiger charge is -2.26. The molecule has 0 spiro atoms. The van der Waals surface area contributed by atoms with E-state index in [-0.39, 0.29) is 28.9 Å². The van der Waals surface area contributed by atoms with Crippen LogP contribution in [0, 0.1) is 19.7 Å². The lowest BCUT2D eigenvalue weighted by atomic mass is 10.1. The maximum Gasteiger partial charge on any atom is 0.234 e. The number of carbonyl (C=O) groups is 1. The van der Waals surface area contributed by atoms with E-state index in [9.17, 15) is 17.6 Å². The van der Waals surface area contributed by atoms with Crippen LogP contribution < -0.4 is 10.2 Å². The summed E-state index contributed by atoms with van der Waals surface area (Å²) < 4.78 is 38.7. The number of hydrogen-bond donors (Lipinski definition) is 1. The molecule has 2 heterocycles. The molecule has 2 aliphatic rings. The third kappa shape index (κ3) is 4.22. The van der Waals surface area contributed by atoms with Crippen LogP contribution in [0.15, 0.2) is 47.5 Å². The van der Waals surface area contributed by atoms with Crippen molar-refractivity contribution < 1.29 is 17.6 Å². The molecule has 2 aromatic carbocycles. The van der Waals surface area contributed by atoms with E-state index >= 15 is 0 Å². The van der Waals surface area contributed by atoms with Gasteiger partial charge in [-0.15, -0.1) is 0 Å². The molecule has 2 aliphatic heterocycles. The second-order valence-corrected chi connectivity index (χ2v) is 10.7. The molecule has 30 heavy (non-hydrogen) atoms. The first-order valence-corrected chi connectivity index (χ1v) is 12.4. The van der Waals surface area contributed by atoms with Gasteiger partial charge in [-0.25, -0.2) is 12.8 Å². The number of nitrogens with one attached hydrogen (secondary N) is 1. The largest absolute Gasteiger partial charge is 0.325 e. The number of para-hydroxylation sites is 1. The van der Waals surface area contributed by atoms with Crippen molar-refractivity contribution in [2.24, 2.45) is 4.99 Å². The summed E-state index contributed by atoms with van der Waals surface area (Å²) in [5.74, 6) is -0.691. The third-order valence-electron chi connectivity index (χ3n) is 5.22. The molecule has 0 radical (unpaired) electrons. The van der Waals surface area contributed by atoms with Crippen molar-refractivity contribution in [1.29, 1.82) is 0 Å². The highest BCUT2D eigenvalue weighted by Crippen LogP contribution is 2.36. The molecule has 1 saturated heterocycles. The lowest BCUT2D eigenvalue weighted by Crippen LogP contribution is -2.40. The number of hydrogen-bond acceptors (Lipinski definition) is 6. The van der Waals surface area contributed by atoms with Crippen LogP contribution in [0.25, 0.3) is 0 Å². The van der Waals surface area contributed by atoms with Gasteiger partial charge in [0.15, 0.2) is 15.0 Å². The number of benzene rings is 2. The number of thioether (sulfide) groups is 1. The molecular formula is C21H22FN3O3S2. The maximum atomic E-state index is 14.5.